The number of halogens is 6. The van der Waals surface area contributed by atoms with E-state index in [0.29, 0.717) is 10.5 Å². The molecular formula is C12H12F6N2O. The predicted octanol–water partition coefficient (Wildman–Crippen LogP) is 2.85. The van der Waals surface area contributed by atoms with E-state index in [4.69, 9.17) is 5.73 Å². The van der Waals surface area contributed by atoms with Gasteiger partial charge in [0.2, 0.25) is 11.8 Å². The van der Waals surface area contributed by atoms with Gasteiger partial charge in [0.15, 0.2) is 0 Å². The van der Waals surface area contributed by atoms with Crippen LogP contribution < -0.4 is 10.6 Å². The fourth-order valence-corrected chi connectivity index (χ4v) is 1.68. The van der Waals surface area contributed by atoms with Gasteiger partial charge in [0.05, 0.1) is 0 Å². The maximum absolute atomic E-state index is 12.5. The van der Waals surface area contributed by atoms with Gasteiger partial charge in [0.1, 0.15) is 0 Å². The van der Waals surface area contributed by atoms with Crippen LogP contribution in [0.1, 0.15) is 5.56 Å². The minimum atomic E-state index is -5.71. The lowest BCUT2D eigenvalue weighted by atomic mass is 10.1. The second-order valence-corrected chi connectivity index (χ2v) is 4.29. The molecule has 0 aliphatic heterocycles. The molecule has 0 saturated carbocycles. The SMILES string of the molecule is CN(C(=O)C(C(F)(F)F)C(F)(F)F)c1cccc(CN)c1. The van der Waals surface area contributed by atoms with Gasteiger partial charge < -0.3 is 10.6 Å². The van der Waals surface area contributed by atoms with Crippen LogP contribution in [0.4, 0.5) is 32.0 Å². The normalized spacial score (nSPS) is 12.6. The third-order valence-electron chi connectivity index (χ3n) is 2.77. The fraction of sp³-hybridized carbons (Fsp3) is 0.417. The summed E-state index contributed by atoms with van der Waals surface area (Å²) in [7, 11) is 0.850. The molecule has 21 heavy (non-hydrogen) atoms. The van der Waals surface area contributed by atoms with E-state index in [1.54, 1.807) is 0 Å². The number of carbonyl (C=O) groups excluding carboxylic acids is 1. The standard InChI is InChI=1S/C12H12F6N2O/c1-20(8-4-2-3-7(5-8)6-19)10(21)9(11(13,14)15)12(16,17)18/h2-5,9H,6,19H2,1H3. The monoisotopic (exact) mass is 314 g/mol. The van der Waals surface area contributed by atoms with Gasteiger partial charge in [-0.25, -0.2) is 0 Å². The molecule has 1 aromatic rings. The highest BCUT2D eigenvalue weighted by molar-refractivity contribution is 5.95. The molecule has 0 fully saturated rings. The van der Waals surface area contributed by atoms with Crippen molar-refractivity contribution in [3.8, 4) is 0 Å². The van der Waals surface area contributed by atoms with Gasteiger partial charge in [0.25, 0.3) is 0 Å². The smallest absolute Gasteiger partial charge is 0.326 e. The van der Waals surface area contributed by atoms with E-state index in [2.05, 4.69) is 0 Å². The molecule has 0 aliphatic rings. The Hall–Kier alpha value is -1.77. The van der Waals surface area contributed by atoms with E-state index in [-0.39, 0.29) is 12.2 Å². The largest absolute Gasteiger partial charge is 0.409 e. The molecule has 0 unspecified atom stereocenters. The first-order valence-corrected chi connectivity index (χ1v) is 5.68. The third kappa shape index (κ3) is 4.10. The van der Waals surface area contributed by atoms with Gasteiger partial charge in [-0.2, -0.15) is 26.3 Å². The maximum atomic E-state index is 12.5. The molecule has 118 valence electrons. The van der Waals surface area contributed by atoms with Gasteiger partial charge in [0, 0.05) is 19.3 Å². The molecular weight excluding hydrogens is 302 g/mol. The fourth-order valence-electron chi connectivity index (χ4n) is 1.68. The van der Waals surface area contributed by atoms with Crippen LogP contribution in [0.25, 0.3) is 0 Å². The first kappa shape index (κ1) is 17.3. The second-order valence-electron chi connectivity index (χ2n) is 4.29. The van der Waals surface area contributed by atoms with Crippen LogP contribution in [0.15, 0.2) is 24.3 Å². The number of carbonyl (C=O) groups is 1. The number of anilines is 1. The van der Waals surface area contributed by atoms with Crippen LogP contribution in [0.5, 0.6) is 0 Å². The van der Waals surface area contributed by atoms with Gasteiger partial charge >= 0.3 is 12.4 Å². The topological polar surface area (TPSA) is 46.3 Å². The molecule has 0 aliphatic carbocycles. The molecule has 0 radical (unpaired) electrons. The van der Waals surface area contributed by atoms with Crippen molar-refractivity contribution in [3.63, 3.8) is 0 Å². The van der Waals surface area contributed by atoms with Crippen molar-refractivity contribution < 1.29 is 31.1 Å². The number of amides is 1. The quantitative estimate of drug-likeness (QED) is 0.872. The Labute approximate surface area is 116 Å². The molecule has 3 nitrogen and oxygen atoms in total. The van der Waals surface area contributed by atoms with Crippen LogP contribution >= 0.6 is 0 Å². The number of hydrogen-bond donors (Lipinski definition) is 1. The summed E-state index contributed by atoms with van der Waals surface area (Å²) >= 11 is 0. The minimum Gasteiger partial charge on any atom is -0.326 e. The summed E-state index contributed by atoms with van der Waals surface area (Å²) in [4.78, 5) is 11.9. The number of nitrogens with two attached hydrogens (primary N) is 1. The molecule has 2 N–H and O–H groups in total. The Balaban J connectivity index is 3.14. The average molecular weight is 314 g/mol. The van der Waals surface area contributed by atoms with Crippen LogP contribution in [-0.2, 0) is 11.3 Å². The van der Waals surface area contributed by atoms with Gasteiger partial charge in [-0.15, -0.1) is 0 Å². The highest BCUT2D eigenvalue weighted by Crippen LogP contribution is 2.40. The maximum Gasteiger partial charge on any atom is 0.409 e. The Kier molecular flexibility index (Phi) is 4.87. The lowest BCUT2D eigenvalue weighted by Crippen LogP contribution is -2.48. The van der Waals surface area contributed by atoms with E-state index in [0.717, 1.165) is 7.05 Å². The highest BCUT2D eigenvalue weighted by Gasteiger charge is 2.61. The zero-order chi connectivity index (χ0) is 16.4. The van der Waals surface area contributed by atoms with Gasteiger partial charge in [-0.3, -0.25) is 4.79 Å². The van der Waals surface area contributed by atoms with Crippen molar-refractivity contribution in [2.75, 3.05) is 11.9 Å². The van der Waals surface area contributed by atoms with Crippen molar-refractivity contribution in [2.45, 2.75) is 18.9 Å². The van der Waals surface area contributed by atoms with E-state index in [1.807, 2.05) is 0 Å². The molecule has 0 bridgehead atoms. The van der Waals surface area contributed by atoms with Crippen molar-refractivity contribution in [1.29, 1.82) is 0 Å². The summed E-state index contributed by atoms with van der Waals surface area (Å²) in [6.07, 6.45) is -11.4. The lowest BCUT2D eigenvalue weighted by molar-refractivity contribution is -0.273. The van der Waals surface area contributed by atoms with Crippen LogP contribution in [-0.4, -0.2) is 25.3 Å². The number of hydrogen-bond acceptors (Lipinski definition) is 2. The Morgan fingerprint density at radius 1 is 1.19 bits per heavy atom. The summed E-state index contributed by atoms with van der Waals surface area (Å²) in [5.41, 5.74) is 5.71. The Morgan fingerprint density at radius 3 is 2.14 bits per heavy atom. The van der Waals surface area contributed by atoms with Crippen molar-refractivity contribution >= 4 is 11.6 Å². The van der Waals surface area contributed by atoms with Crippen molar-refractivity contribution in [3.05, 3.63) is 29.8 Å². The average Bonchev–Trinajstić information content (AvgIpc) is 2.34. The lowest BCUT2D eigenvalue weighted by Gasteiger charge is -2.27. The van der Waals surface area contributed by atoms with Crippen LogP contribution in [0, 0.1) is 5.92 Å². The zero-order valence-corrected chi connectivity index (χ0v) is 10.8. The number of rotatable bonds is 3. The predicted molar refractivity (Wildman–Crippen MR) is 63.3 cm³/mol. The zero-order valence-electron chi connectivity index (χ0n) is 10.8. The number of alkyl halides is 6. The highest BCUT2D eigenvalue weighted by atomic mass is 19.4. The summed E-state index contributed by atoms with van der Waals surface area (Å²) < 4.78 is 75.0. The molecule has 1 amide bonds. The third-order valence-corrected chi connectivity index (χ3v) is 2.77. The number of benzene rings is 1. The summed E-state index contributed by atoms with van der Waals surface area (Å²) in [6.45, 7) is 0.0395. The molecule has 1 aromatic carbocycles. The first-order chi connectivity index (χ1) is 9.48. The molecule has 1 rings (SSSR count). The minimum absolute atomic E-state index is 0.0395. The van der Waals surface area contributed by atoms with E-state index < -0.39 is 24.2 Å². The van der Waals surface area contributed by atoms with Crippen molar-refractivity contribution in [1.82, 2.24) is 0 Å². The molecule has 0 heterocycles. The van der Waals surface area contributed by atoms with Crippen LogP contribution in [0.3, 0.4) is 0 Å². The molecule has 0 saturated heterocycles. The van der Waals surface area contributed by atoms with Crippen LogP contribution in [0.2, 0.25) is 0 Å². The second kappa shape index (κ2) is 5.92. The van der Waals surface area contributed by atoms with Gasteiger partial charge in [-0.1, -0.05) is 12.1 Å². The molecule has 9 heteroatoms. The molecule has 0 spiro atoms. The Bertz CT molecular complexity index is 497. The first-order valence-electron chi connectivity index (χ1n) is 5.68. The van der Waals surface area contributed by atoms with E-state index in [1.165, 1.54) is 24.3 Å². The Morgan fingerprint density at radius 2 is 1.71 bits per heavy atom. The van der Waals surface area contributed by atoms with E-state index in [9.17, 15) is 31.1 Å². The van der Waals surface area contributed by atoms with Gasteiger partial charge in [-0.05, 0) is 17.7 Å². The van der Waals surface area contributed by atoms with Crippen molar-refractivity contribution in [2.24, 2.45) is 11.7 Å². The van der Waals surface area contributed by atoms with E-state index >= 15 is 0 Å². The molecule has 0 atom stereocenters. The summed E-state index contributed by atoms with van der Waals surface area (Å²) in [6, 6.07) is 5.40. The summed E-state index contributed by atoms with van der Waals surface area (Å²) in [5, 5.41) is 0. The number of nitrogens with zero attached hydrogens (tertiary/aromatic N) is 1. The molecule has 0 aromatic heterocycles. The summed E-state index contributed by atoms with van der Waals surface area (Å²) in [5.74, 6) is -6.15.